The summed E-state index contributed by atoms with van der Waals surface area (Å²) in [5.41, 5.74) is 0.735. The van der Waals surface area contributed by atoms with Crippen LogP contribution in [-0.4, -0.2) is 58.6 Å². The van der Waals surface area contributed by atoms with Crippen LogP contribution in [0.25, 0.3) is 22.3 Å². The number of halogens is 1. The van der Waals surface area contributed by atoms with Gasteiger partial charge in [-0.3, -0.25) is 14.4 Å². The number of nitrogens with one attached hydrogen (secondary N) is 1. The maximum Gasteiger partial charge on any atom is 0.305 e. The van der Waals surface area contributed by atoms with E-state index in [2.05, 4.69) is 5.32 Å². The third-order valence-electron chi connectivity index (χ3n) is 7.32. The maximum absolute atomic E-state index is 14.1. The standard InChI is InChI=1S/C29H35FN4O5/c1-6-18-19-10-9-17(30)13-23(19)32-26-20(18)15-34-24(26)14-22(21(27(34)36)16-39-25(35)7-2)29(38,8-3)28(37)31-11-12-33(4)5/h9-10,13-14,38H,6-8,11-12,15-16H2,1-5H3,(H,31,37)/t29-/m0/s1. The summed E-state index contributed by atoms with van der Waals surface area (Å²) in [6, 6.07) is 6.03. The number of hydrogen-bond donors (Lipinski definition) is 2. The van der Waals surface area contributed by atoms with Crippen LogP contribution in [-0.2, 0) is 39.5 Å². The molecule has 1 aromatic carbocycles. The third kappa shape index (κ3) is 5.18. The van der Waals surface area contributed by atoms with Gasteiger partial charge in [0.25, 0.3) is 11.5 Å². The Kier molecular flexibility index (Phi) is 8.17. The van der Waals surface area contributed by atoms with Gasteiger partial charge in [0.05, 0.1) is 29.0 Å². The number of esters is 1. The Morgan fingerprint density at radius 3 is 2.59 bits per heavy atom. The minimum Gasteiger partial charge on any atom is -0.461 e. The Balaban J connectivity index is 1.93. The lowest BCUT2D eigenvalue weighted by molar-refractivity contribution is -0.144. The highest BCUT2D eigenvalue weighted by atomic mass is 19.1. The summed E-state index contributed by atoms with van der Waals surface area (Å²) in [7, 11) is 3.73. The molecule has 10 heteroatoms. The highest BCUT2D eigenvalue weighted by Gasteiger charge is 2.41. The fourth-order valence-corrected chi connectivity index (χ4v) is 5.11. The van der Waals surface area contributed by atoms with Crippen LogP contribution in [0.5, 0.6) is 0 Å². The van der Waals surface area contributed by atoms with Crippen molar-refractivity contribution in [3.05, 3.63) is 62.7 Å². The first-order valence-electron chi connectivity index (χ1n) is 13.2. The van der Waals surface area contributed by atoms with E-state index in [1.54, 1.807) is 26.0 Å². The van der Waals surface area contributed by atoms with E-state index in [0.29, 0.717) is 36.4 Å². The molecule has 1 aliphatic heterocycles. The molecule has 1 aliphatic rings. The number of carbonyl (C=O) groups excluding carboxylic acids is 2. The topological polar surface area (TPSA) is 114 Å². The van der Waals surface area contributed by atoms with Crippen LogP contribution in [0.2, 0.25) is 0 Å². The molecular weight excluding hydrogens is 503 g/mol. The molecule has 0 aliphatic carbocycles. The van der Waals surface area contributed by atoms with Crippen LogP contribution < -0.4 is 10.9 Å². The van der Waals surface area contributed by atoms with E-state index in [4.69, 9.17) is 9.72 Å². The van der Waals surface area contributed by atoms with Crippen molar-refractivity contribution in [2.45, 2.75) is 58.8 Å². The first kappa shape index (κ1) is 28.4. The smallest absolute Gasteiger partial charge is 0.305 e. The van der Waals surface area contributed by atoms with Gasteiger partial charge in [-0.1, -0.05) is 20.8 Å². The van der Waals surface area contributed by atoms with Crippen LogP contribution in [0.15, 0.2) is 29.1 Å². The number of nitrogens with zero attached hydrogens (tertiary/aromatic N) is 3. The lowest BCUT2D eigenvalue weighted by Gasteiger charge is -2.29. The number of pyridine rings is 2. The van der Waals surface area contributed by atoms with E-state index in [1.165, 1.54) is 16.7 Å². The van der Waals surface area contributed by atoms with Crippen LogP contribution in [0, 0.1) is 5.82 Å². The van der Waals surface area contributed by atoms with Crippen LogP contribution in [0.4, 0.5) is 4.39 Å². The van der Waals surface area contributed by atoms with Gasteiger partial charge >= 0.3 is 5.97 Å². The highest BCUT2D eigenvalue weighted by molar-refractivity contribution is 5.89. The summed E-state index contributed by atoms with van der Waals surface area (Å²) >= 11 is 0. The Labute approximate surface area is 226 Å². The molecule has 3 aromatic rings. The van der Waals surface area contributed by atoms with Gasteiger partial charge in [-0.15, -0.1) is 0 Å². The fraction of sp³-hybridized carbons (Fsp3) is 0.448. The molecule has 0 fully saturated rings. The molecule has 0 unspecified atom stereocenters. The predicted molar refractivity (Wildman–Crippen MR) is 146 cm³/mol. The zero-order chi connectivity index (χ0) is 28.5. The average Bonchev–Trinajstić information content (AvgIpc) is 3.28. The molecule has 1 atom stereocenters. The number of aryl methyl sites for hydroxylation is 1. The van der Waals surface area contributed by atoms with Crippen molar-refractivity contribution in [2.24, 2.45) is 0 Å². The number of fused-ring (bicyclic) bond motifs is 4. The number of ether oxygens (including phenoxy) is 1. The van der Waals surface area contributed by atoms with Gasteiger partial charge < -0.3 is 24.6 Å². The second-order valence-corrected chi connectivity index (χ2v) is 10.0. The van der Waals surface area contributed by atoms with E-state index in [1.807, 2.05) is 25.9 Å². The van der Waals surface area contributed by atoms with Crippen LogP contribution >= 0.6 is 0 Å². The largest absolute Gasteiger partial charge is 0.461 e. The van der Waals surface area contributed by atoms with Gasteiger partial charge in [0.15, 0.2) is 5.60 Å². The summed E-state index contributed by atoms with van der Waals surface area (Å²) in [6.07, 6.45) is 0.724. The minimum absolute atomic E-state index is 0.0259. The first-order chi connectivity index (χ1) is 18.5. The summed E-state index contributed by atoms with van der Waals surface area (Å²) in [5, 5.41) is 15.3. The second-order valence-electron chi connectivity index (χ2n) is 10.0. The molecule has 4 rings (SSSR count). The van der Waals surface area contributed by atoms with Crippen molar-refractivity contribution in [3.8, 4) is 11.4 Å². The average molecular weight is 539 g/mol. The molecule has 0 saturated carbocycles. The molecule has 0 bridgehead atoms. The van der Waals surface area contributed by atoms with E-state index in [0.717, 1.165) is 16.5 Å². The predicted octanol–water partition coefficient (Wildman–Crippen LogP) is 2.86. The minimum atomic E-state index is -2.06. The SMILES string of the molecule is CCC(=O)OCc1c([C@@](O)(CC)C(=O)NCCN(C)C)cc2n(c1=O)Cc1c-2nc2cc(F)ccc2c1CC. The van der Waals surface area contributed by atoms with E-state index in [9.17, 15) is 23.9 Å². The Hall–Kier alpha value is -3.63. The third-order valence-corrected chi connectivity index (χ3v) is 7.32. The van der Waals surface area contributed by atoms with Crippen molar-refractivity contribution in [3.63, 3.8) is 0 Å². The van der Waals surface area contributed by atoms with Crippen molar-refractivity contribution < 1.29 is 23.8 Å². The molecule has 0 spiro atoms. The Bertz CT molecular complexity index is 1500. The summed E-state index contributed by atoms with van der Waals surface area (Å²) < 4.78 is 21.0. The van der Waals surface area contributed by atoms with Gasteiger partial charge in [-0.2, -0.15) is 0 Å². The molecule has 0 saturated heterocycles. The number of carbonyl (C=O) groups is 2. The lowest BCUT2D eigenvalue weighted by atomic mass is 9.86. The molecule has 208 valence electrons. The molecule has 2 aromatic heterocycles. The van der Waals surface area contributed by atoms with Crippen molar-refractivity contribution in [1.82, 2.24) is 19.8 Å². The van der Waals surface area contributed by atoms with Crippen molar-refractivity contribution in [1.29, 1.82) is 0 Å². The second kappa shape index (κ2) is 11.2. The molecular formula is C29H35FN4O5. The molecule has 39 heavy (non-hydrogen) atoms. The fourth-order valence-electron chi connectivity index (χ4n) is 5.11. The normalized spacial score (nSPS) is 13.7. The van der Waals surface area contributed by atoms with Gasteiger partial charge in [0.2, 0.25) is 0 Å². The van der Waals surface area contributed by atoms with Gasteiger partial charge in [-0.05, 0) is 50.7 Å². The molecule has 2 N–H and O–H groups in total. The van der Waals surface area contributed by atoms with Crippen LogP contribution in [0.3, 0.4) is 0 Å². The Morgan fingerprint density at radius 2 is 1.95 bits per heavy atom. The molecule has 1 amide bonds. The van der Waals surface area contributed by atoms with E-state index >= 15 is 0 Å². The first-order valence-corrected chi connectivity index (χ1v) is 13.2. The number of rotatable bonds is 10. The van der Waals surface area contributed by atoms with E-state index < -0.39 is 28.9 Å². The molecule has 0 radical (unpaired) electrons. The quantitative estimate of drug-likeness (QED) is 0.299. The zero-order valence-corrected chi connectivity index (χ0v) is 23.1. The zero-order valence-electron chi connectivity index (χ0n) is 23.1. The van der Waals surface area contributed by atoms with Gasteiger partial charge in [0.1, 0.15) is 12.4 Å². The summed E-state index contributed by atoms with van der Waals surface area (Å²) in [5.74, 6) is -1.58. The summed E-state index contributed by atoms with van der Waals surface area (Å²) in [6.45, 7) is 5.96. The van der Waals surface area contributed by atoms with Crippen molar-refractivity contribution >= 4 is 22.8 Å². The van der Waals surface area contributed by atoms with Gasteiger partial charge in [-0.25, -0.2) is 9.37 Å². The maximum atomic E-state index is 14.1. The highest BCUT2D eigenvalue weighted by Crippen LogP contribution is 2.38. The van der Waals surface area contributed by atoms with Crippen molar-refractivity contribution in [2.75, 3.05) is 27.2 Å². The number of hydrogen-bond acceptors (Lipinski definition) is 7. The van der Waals surface area contributed by atoms with Crippen LogP contribution in [0.1, 0.15) is 55.9 Å². The lowest BCUT2D eigenvalue weighted by Crippen LogP contribution is -2.47. The number of likely N-dealkylation sites (N-methyl/N-ethyl adjacent to an activating group) is 1. The Morgan fingerprint density at radius 1 is 1.21 bits per heavy atom. The number of aromatic nitrogens is 2. The van der Waals surface area contributed by atoms with E-state index in [-0.39, 0.29) is 37.1 Å². The van der Waals surface area contributed by atoms with Gasteiger partial charge in [0, 0.05) is 42.1 Å². The number of amides is 1. The molecule has 9 nitrogen and oxygen atoms in total. The monoisotopic (exact) mass is 538 g/mol. The number of aliphatic hydroxyl groups is 1. The summed E-state index contributed by atoms with van der Waals surface area (Å²) in [4.78, 5) is 45.9. The number of benzene rings is 1. The molecule has 3 heterocycles.